The molecule has 0 spiro atoms. The molecule has 9 aliphatic rings. The molecule has 0 aliphatic heterocycles. The summed E-state index contributed by atoms with van der Waals surface area (Å²) < 4.78 is 591. The van der Waals surface area contributed by atoms with Crippen LogP contribution < -0.4 is 0 Å². The summed E-state index contributed by atoms with van der Waals surface area (Å²) in [6.45, 7) is 20.4. The molecule has 0 saturated heterocycles. The fourth-order valence-electron chi connectivity index (χ4n) is 18.5. The van der Waals surface area contributed by atoms with Crippen LogP contribution in [-0.4, -0.2) is 116 Å². The molecule has 46 heteroatoms. The van der Waals surface area contributed by atoms with Gasteiger partial charge in [-0.1, -0.05) is 130 Å². The molecular formula is C78H110F46. The van der Waals surface area contributed by atoms with Gasteiger partial charge in [0.2, 0.25) is 5.67 Å². The minimum atomic E-state index is -5.53. The first-order valence-corrected chi connectivity index (χ1v) is 39.8. The van der Waals surface area contributed by atoms with Crippen molar-refractivity contribution in [1.82, 2.24) is 0 Å². The first-order valence-electron chi connectivity index (χ1n) is 40.8. The molecular weight excluding hydrogens is 1810 g/mol. The minimum absolute atomic E-state index is 0.119. The second kappa shape index (κ2) is 42.8. The van der Waals surface area contributed by atoms with Crippen LogP contribution in [0.5, 0.6) is 0 Å². The van der Waals surface area contributed by atoms with Crippen LogP contribution in [0.4, 0.5) is 202 Å². The second-order valence-electron chi connectivity index (χ2n) is 35.9. The fourth-order valence-corrected chi connectivity index (χ4v) is 18.5. The molecule has 9 aliphatic carbocycles. The summed E-state index contributed by atoms with van der Waals surface area (Å²) >= 11 is 0. The van der Waals surface area contributed by atoms with Gasteiger partial charge >= 0.3 is 86.0 Å². The standard InChI is InChI=1S/C10H11F9.C10H14F6.2C9H12F6.2C9H15F3.C8H13F3.C7H7F7.C7H11F3/c1-4-2-5(8(11,12)13)7(10(17,18)19)6(3-4)9(14,15)16;1-4-5(2)8(10(14,15)16)6(3)7(4)9(11,12)13;2*1-5-2-6(8(10,11)12)4-7(3-5)9(13,14)15;2*1-6-4-3-5-8(7(6)2)9(10,11)12;1-5-3-6(2)7(4-5)8(9,10)11;1-3-5(9,10)4(2,8)7(13,14)6(3,11)12;1-3-5(8)4(2)7(10)6(3)9/h4-7H,2-3H2,1H3;4-8H,1-3H3;2*5-7H,2-4H2,1H3;2*6-8H,3-5H2,1-2H3;5-7H,3-4H2,1-2H3;3H,1-2H3;3-7H,1-2H3/t;4-,5?,6?,7?,8?;;;2*6?,7-,8?;5-,6?,7?;3-,4?;3-,4?,5?,6?,7?/m.1..11000/s1/i;;5D;;7D;;;;. The van der Waals surface area contributed by atoms with Crippen molar-refractivity contribution in [2.75, 3.05) is 0 Å². The van der Waals surface area contributed by atoms with Crippen molar-refractivity contribution < 1.29 is 205 Å². The summed E-state index contributed by atoms with van der Waals surface area (Å²) in [5.41, 5.74) is -4.52. The van der Waals surface area contributed by atoms with Gasteiger partial charge in [0.1, 0.15) is 18.5 Å². The topological polar surface area (TPSA) is 0 Å². The normalized spacial score (nSPS) is 40.7. The maximum absolute atomic E-state index is 12.9. The van der Waals surface area contributed by atoms with E-state index in [2.05, 4.69) is 0 Å². The molecule has 21 unspecified atom stereocenters. The van der Waals surface area contributed by atoms with Gasteiger partial charge in [0, 0.05) is 14.6 Å². The molecule has 9 saturated carbocycles. The van der Waals surface area contributed by atoms with E-state index in [1.54, 1.807) is 20.8 Å². The molecule has 0 N–H and O–H groups in total. The SMILES string of the molecule is CC1C(C(F)(F)F)C(C)[C@@H](C)C1C(F)(F)F.CC1C(F)C(F)[C@@H](C)C1F.CC1CC(C(F)(F)F)C(C(F)(F)F)C(C(F)(F)F)C1.CC1CC(C(F)(F)F)CC(C(F)(F)F)C1.CC1CCCC(C(F)(F)F)[C@@H]1C.CC1C[C@H](C)CC1C(F)(F)F.C[C@H]1C(F)(F)C(C)(F)C(F)(F)C1(F)F.[2H]C1(C)CC(C(F)(F)F)CC(C(F)(F)F)C1.[2H][C@@]1(C)C(C)CCCC1C(F)(F)F. The number of hydrogen-bond acceptors (Lipinski definition) is 0. The molecule has 0 aromatic heterocycles. The van der Waals surface area contributed by atoms with E-state index in [4.69, 9.17) is 2.74 Å². The highest BCUT2D eigenvalue weighted by atomic mass is 19.5. The van der Waals surface area contributed by atoms with Crippen molar-refractivity contribution in [1.29, 1.82) is 0 Å². The van der Waals surface area contributed by atoms with E-state index in [0.717, 1.165) is 46.5 Å². The summed E-state index contributed by atoms with van der Waals surface area (Å²) in [5.74, 6) is -52.0. The van der Waals surface area contributed by atoms with Crippen LogP contribution in [0, 0.1) is 160 Å². The van der Waals surface area contributed by atoms with Crippen molar-refractivity contribution in [2.24, 2.45) is 160 Å². The Morgan fingerprint density at radius 2 is 0.524 bits per heavy atom. The van der Waals surface area contributed by atoms with Gasteiger partial charge in [0.25, 0.3) is 5.92 Å². The highest BCUT2D eigenvalue weighted by Crippen LogP contribution is 2.66. The van der Waals surface area contributed by atoms with Crippen LogP contribution in [0.3, 0.4) is 0 Å². The number of halogens is 46. The van der Waals surface area contributed by atoms with Crippen molar-refractivity contribution >= 4 is 0 Å². The van der Waals surface area contributed by atoms with Crippen LogP contribution in [0.25, 0.3) is 0 Å². The highest BCUT2D eigenvalue weighted by molar-refractivity contribution is 5.19. The van der Waals surface area contributed by atoms with Gasteiger partial charge in [0.15, 0.2) is 0 Å². The van der Waals surface area contributed by atoms with Gasteiger partial charge < -0.3 is 0 Å². The van der Waals surface area contributed by atoms with Crippen LogP contribution >= 0.6 is 0 Å². The monoisotopic (exact) mass is 1920 g/mol. The average molecular weight is 1920 g/mol. The Balaban J connectivity index is 0.000000712. The number of rotatable bonds is 0. The smallest absolute Gasteiger partial charge is 0.247 e. The van der Waals surface area contributed by atoms with E-state index in [1.165, 1.54) is 41.5 Å². The maximum Gasteiger partial charge on any atom is 0.393 e. The molecule has 0 nitrogen and oxygen atoms in total. The zero-order valence-corrected chi connectivity index (χ0v) is 69.9. The lowest BCUT2D eigenvalue weighted by Crippen LogP contribution is -2.52. The average Bonchev–Trinajstić information content (AvgIpc) is 1.53. The predicted octanol–water partition coefficient (Wildman–Crippen LogP) is 33.6. The highest BCUT2D eigenvalue weighted by Gasteiger charge is 2.88. The Morgan fingerprint density at radius 3 is 0.734 bits per heavy atom. The maximum atomic E-state index is 12.9. The summed E-state index contributed by atoms with van der Waals surface area (Å²) in [5, 5.41) is 0. The third kappa shape index (κ3) is 31.8. The number of alkyl halides is 46. The Labute approximate surface area is 692 Å². The molecule has 0 heterocycles. The van der Waals surface area contributed by atoms with Crippen LogP contribution in [0.15, 0.2) is 0 Å². The third-order valence-corrected chi connectivity index (χ3v) is 26.4. The zero-order valence-electron chi connectivity index (χ0n) is 71.9. The molecule has 0 radical (unpaired) electrons. The lowest BCUT2D eigenvalue weighted by atomic mass is 9.67. The van der Waals surface area contributed by atoms with Gasteiger partial charge in [-0.3, -0.25) is 0 Å². The van der Waals surface area contributed by atoms with Crippen molar-refractivity contribution in [3.63, 3.8) is 0 Å². The van der Waals surface area contributed by atoms with Crippen LogP contribution in [-0.2, 0) is 0 Å². The predicted molar refractivity (Wildman–Crippen MR) is 365 cm³/mol. The van der Waals surface area contributed by atoms with Gasteiger partial charge in [-0.25, -0.2) is 26.3 Å². The van der Waals surface area contributed by atoms with Gasteiger partial charge in [-0.2, -0.15) is 176 Å². The summed E-state index contributed by atoms with van der Waals surface area (Å²) in [6.07, 6.45) is -60.7. The summed E-state index contributed by atoms with van der Waals surface area (Å²) in [4.78, 5) is 0. The minimum Gasteiger partial charge on any atom is -0.247 e. The lowest BCUT2D eigenvalue weighted by molar-refractivity contribution is -0.315. The summed E-state index contributed by atoms with van der Waals surface area (Å²) in [6, 6.07) is 0. The van der Waals surface area contributed by atoms with E-state index >= 15 is 0 Å². The van der Waals surface area contributed by atoms with E-state index < -0.39 is 285 Å². The largest absolute Gasteiger partial charge is 0.393 e. The van der Waals surface area contributed by atoms with E-state index in [9.17, 15) is 202 Å². The van der Waals surface area contributed by atoms with Crippen molar-refractivity contribution in [2.45, 2.75) is 330 Å². The Kier molecular flexibility index (Phi) is 39.6. The zero-order chi connectivity index (χ0) is 100. The molecule has 124 heavy (non-hydrogen) atoms. The molecule has 0 aromatic rings. The first kappa shape index (κ1) is 115. The van der Waals surface area contributed by atoms with E-state index in [-0.39, 0.29) is 62.7 Å². The van der Waals surface area contributed by atoms with Gasteiger partial charge in [-0.05, 0) is 155 Å². The fraction of sp³-hybridized carbons (Fsp3) is 1.00. The van der Waals surface area contributed by atoms with E-state index in [1.807, 2.05) is 13.8 Å². The third-order valence-electron chi connectivity index (χ3n) is 26.4. The van der Waals surface area contributed by atoms with Gasteiger partial charge in [-0.15, -0.1) is 0 Å². The molecule has 744 valence electrons. The van der Waals surface area contributed by atoms with Crippen molar-refractivity contribution in [3.8, 4) is 0 Å². The van der Waals surface area contributed by atoms with Crippen LogP contribution in [0.1, 0.15) is 216 Å². The lowest BCUT2D eigenvalue weighted by Gasteiger charge is -2.43. The molecule has 0 bridgehead atoms. The summed E-state index contributed by atoms with van der Waals surface area (Å²) in [7, 11) is 0. The Bertz CT molecular complexity index is 3030. The molecule has 9 rings (SSSR count). The molecule has 0 amide bonds. The number of hydrogen-bond donors (Lipinski definition) is 0. The van der Waals surface area contributed by atoms with Gasteiger partial charge in [0.05, 0.1) is 76.9 Å². The quantitative estimate of drug-likeness (QED) is 0.212. The molecule has 27 atom stereocenters. The van der Waals surface area contributed by atoms with Crippen LogP contribution in [0.2, 0.25) is 0 Å². The first-order chi connectivity index (χ1) is 55.3. The molecule has 0 aromatic carbocycles. The van der Waals surface area contributed by atoms with E-state index in [0.29, 0.717) is 19.3 Å². The Morgan fingerprint density at radius 1 is 0.242 bits per heavy atom. The van der Waals surface area contributed by atoms with Crippen molar-refractivity contribution in [3.05, 3.63) is 0 Å². The Hall–Kier alpha value is -3.22. The second-order valence-corrected chi connectivity index (χ2v) is 35.9. The molecule has 9 fully saturated rings.